The predicted octanol–water partition coefficient (Wildman–Crippen LogP) is 4.69. The van der Waals surface area contributed by atoms with Gasteiger partial charge < -0.3 is 15.1 Å². The molecule has 0 bridgehead atoms. The maximum absolute atomic E-state index is 15.1. The van der Waals surface area contributed by atoms with Crippen LogP contribution in [0.3, 0.4) is 0 Å². The van der Waals surface area contributed by atoms with Crippen LogP contribution in [0.15, 0.2) is 66.9 Å². The van der Waals surface area contributed by atoms with E-state index >= 15 is 4.39 Å². The number of benzene rings is 2. The summed E-state index contributed by atoms with van der Waals surface area (Å²) in [6.45, 7) is 8.53. The number of halogens is 1. The molecule has 1 aliphatic heterocycles. The first kappa shape index (κ1) is 33.6. The molecular weight excluding hydrogens is 583 g/mol. The summed E-state index contributed by atoms with van der Waals surface area (Å²) >= 11 is 0. The minimum Gasteiger partial charge on any atom is -0.351 e. The number of nitrogens with two attached hydrogens (primary N) is 1. The Labute approximate surface area is 260 Å². The molecule has 2 aromatic carbocycles. The van der Waals surface area contributed by atoms with Gasteiger partial charge in [-0.05, 0) is 17.4 Å². The van der Waals surface area contributed by atoms with Crippen LogP contribution in [0.25, 0.3) is 11.3 Å². The molecule has 2 atom stereocenters. The Morgan fingerprint density at radius 1 is 1.05 bits per heavy atom. The third-order valence-electron chi connectivity index (χ3n) is 7.59. The van der Waals surface area contributed by atoms with Gasteiger partial charge >= 0.3 is 6.09 Å². The molecule has 2 heterocycles. The fourth-order valence-corrected chi connectivity index (χ4v) is 6.95. The van der Waals surface area contributed by atoms with Crippen molar-refractivity contribution >= 4 is 16.1 Å². The molecule has 1 saturated heterocycles. The van der Waals surface area contributed by atoms with E-state index in [1.54, 1.807) is 0 Å². The van der Waals surface area contributed by atoms with Gasteiger partial charge in [-0.1, -0.05) is 88.4 Å². The predicted molar refractivity (Wildman–Crippen MR) is 170 cm³/mol. The highest BCUT2D eigenvalue weighted by Gasteiger charge is 2.41. The monoisotopic (exact) mass is 628 g/mol. The molecule has 4 rings (SSSR count). The second-order valence-corrected chi connectivity index (χ2v) is 14.3. The number of carbonyl (C=O) groups excluding carboxylic acids is 1. The number of alkyl halides is 1. The number of piperazine rings is 1. The Bertz CT molecular complexity index is 1450. The third-order valence-corrected chi connectivity index (χ3v) is 9.67. The summed E-state index contributed by atoms with van der Waals surface area (Å²) in [5.41, 5.74) is 7.81. The summed E-state index contributed by atoms with van der Waals surface area (Å²) in [7, 11) is -3.36. The van der Waals surface area contributed by atoms with E-state index in [9.17, 15) is 13.2 Å². The second-order valence-electron chi connectivity index (χ2n) is 12.2. The molecule has 10 nitrogen and oxygen atoms in total. The lowest BCUT2D eigenvalue weighted by atomic mass is 9.84. The Hall–Kier alpha value is -3.32. The summed E-state index contributed by atoms with van der Waals surface area (Å²) in [5, 5.41) is 1.45. The number of hydrogen-bond acceptors (Lipinski definition) is 7. The molecule has 0 spiro atoms. The molecule has 0 saturated carbocycles. The molecule has 240 valence electrons. The number of carbonyl (C=O) groups is 1. The van der Waals surface area contributed by atoms with Gasteiger partial charge in [-0.2, -0.15) is 4.31 Å². The van der Waals surface area contributed by atoms with Crippen molar-refractivity contribution in [3.05, 3.63) is 78.2 Å². The molecule has 1 fully saturated rings. The van der Waals surface area contributed by atoms with E-state index in [-0.39, 0.29) is 45.0 Å². The lowest BCUT2D eigenvalue weighted by Crippen LogP contribution is -2.52. The van der Waals surface area contributed by atoms with Crippen molar-refractivity contribution in [2.45, 2.75) is 52.9 Å². The molecular formula is C32H45FN6O4S. The maximum atomic E-state index is 15.1. The molecule has 1 aromatic heterocycles. The van der Waals surface area contributed by atoms with Crippen LogP contribution in [0.1, 0.15) is 51.5 Å². The van der Waals surface area contributed by atoms with E-state index in [1.165, 1.54) is 14.3 Å². The van der Waals surface area contributed by atoms with Crippen LogP contribution in [0.5, 0.6) is 0 Å². The van der Waals surface area contributed by atoms with Gasteiger partial charge in [0, 0.05) is 51.0 Å². The van der Waals surface area contributed by atoms with E-state index in [0.717, 1.165) is 16.8 Å². The first-order chi connectivity index (χ1) is 20.9. The van der Waals surface area contributed by atoms with Gasteiger partial charge in [0.2, 0.25) is 10.0 Å². The molecule has 12 heteroatoms. The molecule has 2 N–H and O–H groups in total. The average molecular weight is 629 g/mol. The summed E-state index contributed by atoms with van der Waals surface area (Å²) in [5.74, 6) is 0.669. The van der Waals surface area contributed by atoms with Gasteiger partial charge in [0.25, 0.3) is 0 Å². The molecule has 0 unspecified atom stereocenters. The number of nitrogens with zero attached hydrogens (tertiary/aromatic N) is 5. The third kappa shape index (κ3) is 8.44. The SMILES string of the molecule is CCCS(=O)(=O)N1CCN(OC(=O)N(C[C@@H](F)CN)[C@@H](c2nc(-c3ccccc3)cn2Cc2ccccc2)C(C)(C)C)CC1. The number of hydroxylamine groups is 2. The van der Waals surface area contributed by atoms with Crippen LogP contribution in [-0.4, -0.2) is 89.5 Å². The molecule has 0 aliphatic carbocycles. The first-order valence-electron chi connectivity index (χ1n) is 15.1. The Morgan fingerprint density at radius 3 is 2.23 bits per heavy atom. The number of hydrogen-bond donors (Lipinski definition) is 1. The van der Waals surface area contributed by atoms with Gasteiger partial charge in [-0.25, -0.2) is 22.6 Å². The first-order valence-corrected chi connectivity index (χ1v) is 16.8. The van der Waals surface area contributed by atoms with Crippen molar-refractivity contribution in [1.82, 2.24) is 23.8 Å². The molecule has 1 amide bonds. The quantitative estimate of drug-likeness (QED) is 0.310. The maximum Gasteiger partial charge on any atom is 0.429 e. The number of amides is 1. The highest BCUT2D eigenvalue weighted by Crippen LogP contribution is 2.39. The highest BCUT2D eigenvalue weighted by atomic mass is 32.2. The lowest BCUT2D eigenvalue weighted by Gasteiger charge is -2.41. The number of rotatable bonds is 12. The second kappa shape index (κ2) is 14.6. The van der Waals surface area contributed by atoms with Gasteiger partial charge in [-0.15, -0.1) is 5.06 Å². The molecule has 1 aliphatic rings. The van der Waals surface area contributed by atoms with Crippen molar-refractivity contribution in [2.24, 2.45) is 11.1 Å². The molecule has 3 aromatic rings. The topological polar surface area (TPSA) is 114 Å². The van der Waals surface area contributed by atoms with E-state index in [4.69, 9.17) is 15.6 Å². The zero-order valence-electron chi connectivity index (χ0n) is 26.1. The number of imidazole rings is 1. The lowest BCUT2D eigenvalue weighted by molar-refractivity contribution is -0.133. The Kier molecular flexibility index (Phi) is 11.2. The Morgan fingerprint density at radius 2 is 1.66 bits per heavy atom. The standard InChI is InChI=1S/C32H45FN6O4S/c1-5-20-44(41,42)38-18-16-37(17-19-38)43-31(40)39(23-27(33)21-34)29(32(2,3)4)30-35-28(26-14-10-7-11-15-26)24-36(30)22-25-12-8-6-9-13-25/h6-15,24,27,29H,5,16-23,34H2,1-4H3/t27-,29-/m0/s1. The zero-order valence-corrected chi connectivity index (χ0v) is 26.9. The van der Waals surface area contributed by atoms with Crippen LogP contribution >= 0.6 is 0 Å². The highest BCUT2D eigenvalue weighted by molar-refractivity contribution is 7.89. The van der Waals surface area contributed by atoms with Crippen molar-refractivity contribution in [3.8, 4) is 11.3 Å². The zero-order chi connectivity index (χ0) is 31.9. The fraction of sp³-hybridized carbons (Fsp3) is 0.500. The minimum absolute atomic E-state index is 0.0748. The van der Waals surface area contributed by atoms with Crippen molar-refractivity contribution in [2.75, 3.05) is 45.0 Å². The van der Waals surface area contributed by atoms with Crippen LogP contribution in [0.2, 0.25) is 0 Å². The number of aromatic nitrogens is 2. The number of sulfonamides is 1. The van der Waals surface area contributed by atoms with Crippen molar-refractivity contribution in [3.63, 3.8) is 0 Å². The van der Waals surface area contributed by atoms with Gasteiger partial charge in [0.15, 0.2) is 0 Å². The normalized spacial score (nSPS) is 16.4. The van der Waals surface area contributed by atoms with E-state index in [2.05, 4.69) is 0 Å². The van der Waals surface area contributed by atoms with Crippen LogP contribution in [0, 0.1) is 5.41 Å². The van der Waals surface area contributed by atoms with Gasteiger partial charge in [0.05, 0.1) is 24.0 Å². The Balaban J connectivity index is 1.69. The van der Waals surface area contributed by atoms with E-state index < -0.39 is 33.7 Å². The molecule has 0 radical (unpaired) electrons. The van der Waals surface area contributed by atoms with Crippen LogP contribution in [0.4, 0.5) is 9.18 Å². The summed E-state index contributed by atoms with van der Waals surface area (Å²) in [6.07, 6.45) is 0.264. The van der Waals surface area contributed by atoms with Crippen molar-refractivity contribution < 1.29 is 22.4 Å². The average Bonchev–Trinajstić information content (AvgIpc) is 3.40. The summed E-state index contributed by atoms with van der Waals surface area (Å²) < 4.78 is 43.6. The van der Waals surface area contributed by atoms with E-state index in [0.29, 0.717) is 18.8 Å². The van der Waals surface area contributed by atoms with E-state index in [1.807, 2.05) is 99.1 Å². The van der Waals surface area contributed by atoms with Gasteiger partial charge in [0.1, 0.15) is 12.0 Å². The molecule has 44 heavy (non-hydrogen) atoms. The van der Waals surface area contributed by atoms with Gasteiger partial charge in [-0.3, -0.25) is 4.90 Å². The van der Waals surface area contributed by atoms with Crippen molar-refractivity contribution in [1.29, 1.82) is 0 Å². The fourth-order valence-electron chi connectivity index (χ4n) is 5.46. The largest absolute Gasteiger partial charge is 0.429 e. The minimum atomic E-state index is -3.36. The summed E-state index contributed by atoms with van der Waals surface area (Å²) in [6, 6.07) is 19.0. The summed E-state index contributed by atoms with van der Waals surface area (Å²) in [4.78, 5) is 26.2. The van der Waals surface area contributed by atoms with Crippen LogP contribution in [-0.2, 0) is 21.4 Å². The smallest absolute Gasteiger partial charge is 0.351 e. The van der Waals surface area contributed by atoms with Crippen LogP contribution < -0.4 is 5.73 Å².